The number of benzene rings is 2. The largest absolute Gasteiger partial charge is 0.497 e. The second kappa shape index (κ2) is 6.57. The van der Waals surface area contributed by atoms with E-state index in [0.717, 1.165) is 16.7 Å². The molecule has 0 atom stereocenters. The van der Waals surface area contributed by atoms with Crippen LogP contribution >= 0.6 is 0 Å². The lowest BCUT2D eigenvalue weighted by atomic mass is 10.0. The first kappa shape index (κ1) is 16.8. The number of rotatable bonds is 4. The average Bonchev–Trinajstić information content (AvgIpc) is 3.11. The Balaban J connectivity index is 1.94. The van der Waals surface area contributed by atoms with Crippen molar-refractivity contribution in [2.24, 2.45) is 0 Å². The van der Waals surface area contributed by atoms with Crippen LogP contribution in [-0.2, 0) is 0 Å². The van der Waals surface area contributed by atoms with Crippen LogP contribution in [0.5, 0.6) is 5.75 Å². The summed E-state index contributed by atoms with van der Waals surface area (Å²) < 4.78 is 5.26. The molecule has 0 amide bonds. The van der Waals surface area contributed by atoms with Crippen LogP contribution in [0.3, 0.4) is 0 Å². The van der Waals surface area contributed by atoms with Crippen LogP contribution in [0.2, 0.25) is 0 Å². The normalized spacial score (nSPS) is 10.9. The molecule has 2 aromatic heterocycles. The molecule has 0 saturated heterocycles. The lowest BCUT2D eigenvalue weighted by molar-refractivity contribution is 0.0699. The Hall–Kier alpha value is -3.67. The zero-order valence-corrected chi connectivity index (χ0v) is 14.9. The van der Waals surface area contributed by atoms with Crippen molar-refractivity contribution in [2.45, 2.75) is 6.92 Å². The number of fused-ring (bicyclic) bond motifs is 1. The number of pyridine rings is 1. The minimum atomic E-state index is -1.03. The Morgan fingerprint density at radius 1 is 1.07 bits per heavy atom. The van der Waals surface area contributed by atoms with Gasteiger partial charge >= 0.3 is 5.97 Å². The molecule has 0 radical (unpaired) electrons. The second-order valence-electron chi connectivity index (χ2n) is 6.26. The molecule has 0 fully saturated rings. The van der Waals surface area contributed by atoms with E-state index in [0.29, 0.717) is 28.2 Å². The number of aromatic carboxylic acids is 1. The van der Waals surface area contributed by atoms with Gasteiger partial charge in [0.15, 0.2) is 5.65 Å². The van der Waals surface area contributed by atoms with Crippen LogP contribution in [0.15, 0.2) is 54.6 Å². The van der Waals surface area contributed by atoms with Crippen LogP contribution < -0.4 is 4.74 Å². The highest BCUT2D eigenvalue weighted by molar-refractivity contribution is 6.08. The van der Waals surface area contributed by atoms with Crippen molar-refractivity contribution in [1.82, 2.24) is 15.2 Å². The molecule has 4 aromatic rings. The first-order valence-electron chi connectivity index (χ1n) is 8.40. The third-order valence-electron chi connectivity index (χ3n) is 4.46. The van der Waals surface area contributed by atoms with Crippen LogP contribution in [0.25, 0.3) is 33.5 Å². The highest BCUT2D eigenvalue weighted by Crippen LogP contribution is 2.32. The summed E-state index contributed by atoms with van der Waals surface area (Å²) in [6.07, 6.45) is 0. The van der Waals surface area contributed by atoms with E-state index in [1.54, 1.807) is 13.2 Å². The molecule has 0 aliphatic rings. The van der Waals surface area contributed by atoms with Crippen molar-refractivity contribution >= 4 is 17.0 Å². The van der Waals surface area contributed by atoms with Crippen molar-refractivity contribution in [2.75, 3.05) is 7.11 Å². The van der Waals surface area contributed by atoms with Crippen molar-refractivity contribution < 1.29 is 14.6 Å². The van der Waals surface area contributed by atoms with Gasteiger partial charge in [-0.05, 0) is 25.1 Å². The van der Waals surface area contributed by atoms with Gasteiger partial charge in [0.1, 0.15) is 5.75 Å². The number of hydrogen-bond acceptors (Lipinski definition) is 4. The van der Waals surface area contributed by atoms with Gasteiger partial charge in [0.25, 0.3) is 0 Å². The van der Waals surface area contributed by atoms with Gasteiger partial charge in [-0.2, -0.15) is 5.10 Å². The van der Waals surface area contributed by atoms with E-state index in [1.807, 2.05) is 55.5 Å². The third kappa shape index (κ3) is 3.01. The number of carboxylic acids is 1. The summed E-state index contributed by atoms with van der Waals surface area (Å²) in [5.74, 6) is -0.349. The Labute approximate surface area is 155 Å². The zero-order valence-electron chi connectivity index (χ0n) is 14.9. The van der Waals surface area contributed by atoms with Crippen molar-refractivity contribution in [3.05, 3.63) is 65.7 Å². The van der Waals surface area contributed by atoms with Crippen molar-refractivity contribution in [1.29, 1.82) is 0 Å². The summed E-state index contributed by atoms with van der Waals surface area (Å²) >= 11 is 0. The van der Waals surface area contributed by atoms with Crippen LogP contribution in [-0.4, -0.2) is 33.4 Å². The standard InChI is InChI=1S/C21H17N3O3/c1-12-6-8-13(9-7-12)17-11-16(21(25)26)18-19(23-24-20(18)22-17)14-4-3-5-15(10-14)27-2/h3-11H,1-2H3,(H,25,26)(H,22,23,24). The average molecular weight is 359 g/mol. The van der Waals surface area contributed by atoms with E-state index in [1.165, 1.54) is 0 Å². The first-order valence-corrected chi connectivity index (χ1v) is 8.40. The number of aromatic amines is 1. The molecule has 0 unspecified atom stereocenters. The summed E-state index contributed by atoms with van der Waals surface area (Å²) in [7, 11) is 1.59. The molecule has 4 rings (SSSR count). The minimum Gasteiger partial charge on any atom is -0.497 e. The van der Waals surface area contributed by atoms with Gasteiger partial charge in [-0.3, -0.25) is 5.10 Å². The summed E-state index contributed by atoms with van der Waals surface area (Å²) in [6, 6.07) is 16.7. The fraction of sp³-hybridized carbons (Fsp3) is 0.0952. The maximum atomic E-state index is 12.0. The number of hydrogen-bond donors (Lipinski definition) is 2. The van der Waals surface area contributed by atoms with Gasteiger partial charge in [-0.1, -0.05) is 42.0 Å². The van der Waals surface area contributed by atoms with E-state index in [-0.39, 0.29) is 5.56 Å². The molecule has 6 heteroatoms. The van der Waals surface area contributed by atoms with Gasteiger partial charge in [0.2, 0.25) is 0 Å². The topological polar surface area (TPSA) is 88.1 Å². The number of aromatic nitrogens is 3. The van der Waals surface area contributed by atoms with E-state index >= 15 is 0 Å². The molecular weight excluding hydrogens is 342 g/mol. The Bertz CT molecular complexity index is 1150. The quantitative estimate of drug-likeness (QED) is 0.567. The summed E-state index contributed by atoms with van der Waals surface area (Å²) in [5.41, 5.74) is 4.44. The van der Waals surface area contributed by atoms with Gasteiger partial charge in [0, 0.05) is 11.1 Å². The van der Waals surface area contributed by atoms with E-state index < -0.39 is 5.97 Å². The molecule has 2 aromatic carbocycles. The van der Waals surface area contributed by atoms with Crippen molar-refractivity contribution in [3.8, 4) is 28.3 Å². The van der Waals surface area contributed by atoms with Gasteiger partial charge in [-0.25, -0.2) is 9.78 Å². The Morgan fingerprint density at radius 3 is 2.56 bits per heavy atom. The maximum absolute atomic E-state index is 12.0. The molecule has 0 saturated carbocycles. The monoisotopic (exact) mass is 359 g/mol. The maximum Gasteiger partial charge on any atom is 0.336 e. The number of ether oxygens (including phenoxy) is 1. The summed E-state index contributed by atoms with van der Waals surface area (Å²) in [4.78, 5) is 16.5. The van der Waals surface area contributed by atoms with Gasteiger partial charge in [0.05, 0.1) is 29.4 Å². The second-order valence-corrected chi connectivity index (χ2v) is 6.26. The number of aryl methyl sites for hydroxylation is 1. The molecule has 0 aliphatic carbocycles. The summed E-state index contributed by atoms with van der Waals surface area (Å²) in [6.45, 7) is 2.00. The molecule has 6 nitrogen and oxygen atoms in total. The molecule has 0 spiro atoms. The first-order chi connectivity index (χ1) is 13.1. The summed E-state index contributed by atoms with van der Waals surface area (Å²) in [5, 5.41) is 17.5. The highest BCUT2D eigenvalue weighted by Gasteiger charge is 2.20. The van der Waals surface area contributed by atoms with E-state index in [4.69, 9.17) is 4.74 Å². The molecule has 2 N–H and O–H groups in total. The number of carbonyl (C=O) groups is 1. The molecular formula is C21H17N3O3. The number of nitrogens with one attached hydrogen (secondary N) is 1. The van der Waals surface area contributed by atoms with E-state index in [2.05, 4.69) is 15.2 Å². The SMILES string of the molecule is COc1cccc(-c2[nH]nc3nc(-c4ccc(C)cc4)cc(C(=O)O)c23)c1. The molecule has 0 aliphatic heterocycles. The number of nitrogens with zero attached hydrogens (tertiary/aromatic N) is 2. The predicted octanol–water partition coefficient (Wildman–Crippen LogP) is 4.31. The Morgan fingerprint density at radius 2 is 1.85 bits per heavy atom. The number of methoxy groups -OCH3 is 1. The number of H-pyrrole nitrogens is 1. The molecule has 2 heterocycles. The predicted molar refractivity (Wildman–Crippen MR) is 103 cm³/mol. The Kier molecular flexibility index (Phi) is 4.08. The van der Waals surface area contributed by atoms with Crippen LogP contribution in [0, 0.1) is 6.92 Å². The molecule has 27 heavy (non-hydrogen) atoms. The fourth-order valence-corrected chi connectivity index (χ4v) is 3.05. The van der Waals surface area contributed by atoms with Gasteiger partial charge in [-0.15, -0.1) is 0 Å². The minimum absolute atomic E-state index is 0.155. The van der Waals surface area contributed by atoms with Gasteiger partial charge < -0.3 is 9.84 Å². The molecule has 0 bridgehead atoms. The lowest BCUT2D eigenvalue weighted by Crippen LogP contribution is -2.00. The van der Waals surface area contributed by atoms with Crippen molar-refractivity contribution in [3.63, 3.8) is 0 Å². The van der Waals surface area contributed by atoms with E-state index in [9.17, 15) is 9.90 Å². The zero-order chi connectivity index (χ0) is 19.0. The lowest BCUT2D eigenvalue weighted by Gasteiger charge is -2.07. The number of carboxylic acid groups (broad SMARTS) is 1. The van der Waals surface area contributed by atoms with Crippen LogP contribution in [0.1, 0.15) is 15.9 Å². The highest BCUT2D eigenvalue weighted by atomic mass is 16.5. The van der Waals surface area contributed by atoms with Crippen LogP contribution in [0.4, 0.5) is 0 Å². The molecule has 134 valence electrons. The smallest absolute Gasteiger partial charge is 0.336 e. The fourth-order valence-electron chi connectivity index (χ4n) is 3.05. The third-order valence-corrected chi connectivity index (χ3v) is 4.46.